The fourth-order valence-corrected chi connectivity index (χ4v) is 2.32. The van der Waals surface area contributed by atoms with Crippen molar-refractivity contribution in [2.75, 3.05) is 13.9 Å². The number of hydrogen-bond donors (Lipinski definition) is 1. The molecule has 5 heteroatoms. The molecule has 0 saturated carbocycles. The molecule has 1 aromatic heterocycles. The van der Waals surface area contributed by atoms with E-state index in [1.165, 1.54) is 12.1 Å². The molecule has 0 aliphatic rings. The topological polar surface area (TPSA) is 47.1 Å². The van der Waals surface area contributed by atoms with E-state index < -0.39 is 0 Å². The zero-order valence-corrected chi connectivity index (χ0v) is 13.0. The Morgan fingerprint density at radius 2 is 1.87 bits per heavy atom. The van der Waals surface area contributed by atoms with Crippen LogP contribution < -0.4 is 4.74 Å². The molecule has 0 saturated heterocycles. The molecule has 1 N–H and O–H groups in total. The highest BCUT2D eigenvalue weighted by atomic mass is 19.1. The Morgan fingerprint density at radius 3 is 2.61 bits per heavy atom. The molecule has 0 amide bonds. The van der Waals surface area contributed by atoms with Crippen molar-refractivity contribution in [1.82, 2.24) is 10.2 Å². The average molecular weight is 312 g/mol. The molecule has 0 radical (unpaired) electrons. The van der Waals surface area contributed by atoms with Crippen molar-refractivity contribution in [2.24, 2.45) is 0 Å². The summed E-state index contributed by atoms with van der Waals surface area (Å²) >= 11 is 0. The number of aromatic nitrogens is 2. The smallest absolute Gasteiger partial charge is 0.188 e. The Kier molecular flexibility index (Phi) is 4.39. The summed E-state index contributed by atoms with van der Waals surface area (Å²) in [7, 11) is 1.58. The van der Waals surface area contributed by atoms with E-state index in [9.17, 15) is 4.39 Å². The third-order valence-electron chi connectivity index (χ3n) is 3.48. The van der Waals surface area contributed by atoms with E-state index in [-0.39, 0.29) is 12.6 Å². The van der Waals surface area contributed by atoms with Gasteiger partial charge >= 0.3 is 0 Å². The van der Waals surface area contributed by atoms with Gasteiger partial charge in [0.15, 0.2) is 6.79 Å². The van der Waals surface area contributed by atoms with E-state index >= 15 is 0 Å². The van der Waals surface area contributed by atoms with Gasteiger partial charge in [0, 0.05) is 18.2 Å². The van der Waals surface area contributed by atoms with Crippen molar-refractivity contribution in [3.05, 3.63) is 59.9 Å². The monoisotopic (exact) mass is 312 g/mol. The molecule has 23 heavy (non-hydrogen) atoms. The Labute approximate surface area is 133 Å². The van der Waals surface area contributed by atoms with Crippen LogP contribution in [0.1, 0.15) is 5.56 Å². The van der Waals surface area contributed by atoms with Gasteiger partial charge in [-0.05, 0) is 55.0 Å². The third kappa shape index (κ3) is 3.40. The molecule has 0 atom stereocenters. The number of aryl methyl sites for hydroxylation is 1. The summed E-state index contributed by atoms with van der Waals surface area (Å²) in [5, 5.41) is 7.31. The van der Waals surface area contributed by atoms with Gasteiger partial charge in [0.25, 0.3) is 0 Å². The van der Waals surface area contributed by atoms with Crippen molar-refractivity contribution in [2.45, 2.75) is 6.92 Å². The van der Waals surface area contributed by atoms with E-state index in [0.29, 0.717) is 0 Å². The number of aromatic amines is 1. The van der Waals surface area contributed by atoms with Crippen LogP contribution in [0.4, 0.5) is 4.39 Å². The Balaban J connectivity index is 1.95. The molecule has 0 bridgehead atoms. The predicted molar refractivity (Wildman–Crippen MR) is 86.7 cm³/mol. The zero-order valence-electron chi connectivity index (χ0n) is 13.0. The fourth-order valence-electron chi connectivity index (χ4n) is 2.32. The lowest BCUT2D eigenvalue weighted by molar-refractivity contribution is 0.0515. The van der Waals surface area contributed by atoms with Gasteiger partial charge in [-0.15, -0.1) is 0 Å². The van der Waals surface area contributed by atoms with Crippen molar-refractivity contribution in [3.8, 4) is 28.3 Å². The van der Waals surface area contributed by atoms with Crippen molar-refractivity contribution in [1.29, 1.82) is 0 Å². The van der Waals surface area contributed by atoms with E-state index in [1.54, 1.807) is 19.2 Å². The first-order valence-electron chi connectivity index (χ1n) is 7.21. The summed E-state index contributed by atoms with van der Waals surface area (Å²) in [6.45, 7) is 2.18. The van der Waals surface area contributed by atoms with Crippen LogP contribution in [0.3, 0.4) is 0 Å². The molecule has 3 aromatic rings. The first-order valence-corrected chi connectivity index (χ1v) is 7.21. The molecular weight excluding hydrogens is 295 g/mol. The number of ether oxygens (including phenoxy) is 2. The normalized spacial score (nSPS) is 10.7. The number of hydrogen-bond acceptors (Lipinski definition) is 3. The van der Waals surface area contributed by atoms with E-state index in [1.807, 2.05) is 31.2 Å². The van der Waals surface area contributed by atoms with E-state index in [2.05, 4.69) is 10.2 Å². The number of nitrogens with zero attached hydrogens (tertiary/aromatic N) is 1. The summed E-state index contributed by atoms with van der Waals surface area (Å²) in [5.41, 5.74) is 4.42. The second-order valence-electron chi connectivity index (χ2n) is 5.22. The molecule has 0 unspecified atom stereocenters. The first-order chi connectivity index (χ1) is 11.2. The second kappa shape index (κ2) is 6.62. The SMILES string of the molecule is COCOc1cc(C)ccc1-c1cc(-c2ccc(F)cc2)n[nH]1. The Hall–Kier alpha value is -2.66. The highest BCUT2D eigenvalue weighted by molar-refractivity contribution is 5.72. The number of rotatable bonds is 5. The predicted octanol–water partition coefficient (Wildman–Crippen LogP) is 4.17. The van der Waals surface area contributed by atoms with Gasteiger partial charge in [0.1, 0.15) is 11.6 Å². The molecule has 0 aliphatic heterocycles. The molecule has 4 nitrogen and oxygen atoms in total. The molecule has 0 fully saturated rings. The molecule has 1 heterocycles. The molecule has 2 aromatic carbocycles. The molecule has 0 spiro atoms. The molecule has 3 rings (SSSR count). The molecule has 0 aliphatic carbocycles. The summed E-state index contributed by atoms with van der Waals surface area (Å²) in [5.74, 6) is 0.458. The van der Waals surface area contributed by atoms with Gasteiger partial charge in [-0.2, -0.15) is 5.10 Å². The Morgan fingerprint density at radius 1 is 1.09 bits per heavy atom. The fraction of sp³-hybridized carbons (Fsp3) is 0.167. The summed E-state index contributed by atoms with van der Waals surface area (Å²) in [6.07, 6.45) is 0. The van der Waals surface area contributed by atoms with Crippen LogP contribution in [0.5, 0.6) is 5.75 Å². The number of halogens is 1. The van der Waals surface area contributed by atoms with Crippen molar-refractivity contribution in [3.63, 3.8) is 0 Å². The summed E-state index contributed by atoms with van der Waals surface area (Å²) in [6, 6.07) is 14.1. The van der Waals surface area contributed by atoms with Gasteiger partial charge in [-0.1, -0.05) is 6.07 Å². The van der Waals surface area contributed by atoms with Crippen LogP contribution in [-0.2, 0) is 4.74 Å². The lowest BCUT2D eigenvalue weighted by Gasteiger charge is -2.10. The standard InChI is InChI=1S/C18H17FN2O2/c1-12-3-8-15(18(9-12)23-11-22-2)17-10-16(20-21-17)13-4-6-14(19)7-5-13/h3-10H,11H2,1-2H3,(H,20,21). The van der Waals surface area contributed by atoms with E-state index in [4.69, 9.17) is 9.47 Å². The third-order valence-corrected chi connectivity index (χ3v) is 3.48. The quantitative estimate of drug-likeness (QED) is 0.719. The van der Waals surface area contributed by atoms with Crippen LogP contribution in [0.2, 0.25) is 0 Å². The van der Waals surface area contributed by atoms with Gasteiger partial charge in [0.05, 0.1) is 11.4 Å². The van der Waals surface area contributed by atoms with Crippen LogP contribution in [0, 0.1) is 12.7 Å². The van der Waals surface area contributed by atoms with Crippen LogP contribution in [0.25, 0.3) is 22.5 Å². The average Bonchev–Trinajstić information content (AvgIpc) is 3.03. The minimum atomic E-state index is -0.265. The van der Waals surface area contributed by atoms with Gasteiger partial charge in [-0.25, -0.2) is 4.39 Å². The number of nitrogens with one attached hydrogen (secondary N) is 1. The minimum Gasteiger partial charge on any atom is -0.467 e. The van der Waals surface area contributed by atoms with Crippen LogP contribution in [-0.4, -0.2) is 24.1 Å². The lowest BCUT2D eigenvalue weighted by atomic mass is 10.1. The Bertz CT molecular complexity index is 797. The highest BCUT2D eigenvalue weighted by Crippen LogP contribution is 2.32. The van der Waals surface area contributed by atoms with Crippen LogP contribution >= 0.6 is 0 Å². The largest absolute Gasteiger partial charge is 0.467 e. The minimum absolute atomic E-state index is 0.176. The van der Waals surface area contributed by atoms with Crippen molar-refractivity contribution >= 4 is 0 Å². The maximum atomic E-state index is 13.0. The zero-order chi connectivity index (χ0) is 16.2. The molecular formula is C18H17FN2O2. The lowest BCUT2D eigenvalue weighted by Crippen LogP contribution is -2.00. The molecule has 118 valence electrons. The highest BCUT2D eigenvalue weighted by Gasteiger charge is 2.11. The van der Waals surface area contributed by atoms with Gasteiger partial charge in [0.2, 0.25) is 0 Å². The maximum Gasteiger partial charge on any atom is 0.188 e. The van der Waals surface area contributed by atoms with Crippen LogP contribution in [0.15, 0.2) is 48.5 Å². The first kappa shape index (κ1) is 15.2. The number of methoxy groups -OCH3 is 1. The van der Waals surface area contributed by atoms with Crippen molar-refractivity contribution < 1.29 is 13.9 Å². The second-order valence-corrected chi connectivity index (χ2v) is 5.22. The number of H-pyrrole nitrogens is 1. The maximum absolute atomic E-state index is 13.0. The van der Waals surface area contributed by atoms with Gasteiger partial charge in [-0.3, -0.25) is 5.10 Å². The number of benzene rings is 2. The summed E-state index contributed by atoms with van der Waals surface area (Å²) in [4.78, 5) is 0. The van der Waals surface area contributed by atoms with E-state index in [0.717, 1.165) is 33.8 Å². The van der Waals surface area contributed by atoms with Gasteiger partial charge < -0.3 is 9.47 Å². The summed E-state index contributed by atoms with van der Waals surface area (Å²) < 4.78 is 23.6.